The van der Waals surface area contributed by atoms with Crippen molar-refractivity contribution >= 4 is 39.2 Å². The van der Waals surface area contributed by atoms with Crippen molar-refractivity contribution in [3.8, 4) is 5.06 Å². The molecule has 11 heteroatoms. The number of nitrogen functional groups attached to an aromatic ring is 1. The largest absolute Gasteiger partial charge is 0.417 e. The van der Waals surface area contributed by atoms with Crippen LogP contribution in [0.2, 0.25) is 0 Å². The van der Waals surface area contributed by atoms with E-state index in [4.69, 9.17) is 11.5 Å². The Morgan fingerprint density at radius 2 is 2.04 bits per heavy atom. The summed E-state index contributed by atoms with van der Waals surface area (Å²) in [6.07, 6.45) is -5.77. The molecule has 0 aliphatic carbocycles. The second-order valence-corrected chi connectivity index (χ2v) is 6.13. The van der Waals surface area contributed by atoms with Gasteiger partial charge in [0.05, 0.1) is 16.6 Å². The summed E-state index contributed by atoms with van der Waals surface area (Å²) < 4.78 is 45.1. The highest BCUT2D eigenvalue weighted by Gasteiger charge is 2.36. The number of thiophene rings is 1. The van der Waals surface area contributed by atoms with Crippen LogP contribution in [0.3, 0.4) is 0 Å². The van der Waals surface area contributed by atoms with Crippen LogP contribution in [-0.4, -0.2) is 37.3 Å². The average molecular weight is 361 g/mol. The predicted molar refractivity (Wildman–Crippen MR) is 84.3 cm³/mol. The van der Waals surface area contributed by atoms with Crippen LogP contribution in [0.25, 0.3) is 10.2 Å². The van der Waals surface area contributed by atoms with Crippen molar-refractivity contribution in [1.82, 2.24) is 10.3 Å². The summed E-state index contributed by atoms with van der Waals surface area (Å²) in [7, 11) is 0. The van der Waals surface area contributed by atoms with Crippen molar-refractivity contribution in [2.24, 2.45) is 5.73 Å². The number of hydrogen-bond acceptors (Lipinski definition) is 7. The molecular formula is C13H14F3N5O2S. The van der Waals surface area contributed by atoms with E-state index in [1.807, 2.05) is 0 Å². The van der Waals surface area contributed by atoms with E-state index in [0.29, 0.717) is 26.2 Å². The van der Waals surface area contributed by atoms with Gasteiger partial charge < -0.3 is 26.4 Å². The second-order valence-electron chi connectivity index (χ2n) is 5.17. The monoisotopic (exact) mass is 361 g/mol. The molecule has 2 aromatic rings. The van der Waals surface area contributed by atoms with Crippen LogP contribution in [0.5, 0.6) is 5.06 Å². The van der Waals surface area contributed by atoms with Crippen LogP contribution in [0, 0.1) is 0 Å². The van der Waals surface area contributed by atoms with Gasteiger partial charge in [-0.3, -0.25) is 0 Å². The van der Waals surface area contributed by atoms with E-state index >= 15 is 0 Å². The van der Waals surface area contributed by atoms with E-state index in [2.05, 4.69) is 15.0 Å². The maximum Gasteiger partial charge on any atom is 0.417 e. The molecule has 7 nitrogen and oxygen atoms in total. The number of fused-ring (bicyclic) bond motifs is 1. The number of halogens is 3. The number of primary amides is 1. The third-order valence-electron chi connectivity index (χ3n) is 3.59. The minimum absolute atomic E-state index is 0.0482. The fraction of sp³-hybridized carbons (Fsp3) is 0.385. The zero-order valence-corrected chi connectivity index (χ0v) is 13.1. The van der Waals surface area contributed by atoms with Crippen LogP contribution in [-0.2, 0) is 6.18 Å². The molecule has 0 radical (unpaired) electrons. The fourth-order valence-electron chi connectivity index (χ4n) is 2.53. The zero-order valence-electron chi connectivity index (χ0n) is 12.3. The van der Waals surface area contributed by atoms with Gasteiger partial charge in [0.2, 0.25) is 5.06 Å². The lowest BCUT2D eigenvalue weighted by Gasteiger charge is -2.29. The van der Waals surface area contributed by atoms with E-state index in [1.54, 1.807) is 4.90 Å². The standard InChI is InChI=1S/C13H14F3N5O2S/c14-13(15,16)6-5-7(21-3-1-19-2-4-21)20-10-8(6)9(17)11(24-10)23-12(18)22/h5,19H,1-4,17H2,(H2,18,22). The summed E-state index contributed by atoms with van der Waals surface area (Å²) in [6, 6.07) is 0.977. The molecule has 3 rings (SSSR count). The van der Waals surface area contributed by atoms with E-state index in [9.17, 15) is 18.0 Å². The number of carbonyl (C=O) groups excluding carboxylic acids is 1. The molecular weight excluding hydrogens is 347 g/mol. The van der Waals surface area contributed by atoms with E-state index in [1.165, 1.54) is 0 Å². The van der Waals surface area contributed by atoms with Gasteiger partial charge in [0.25, 0.3) is 0 Å². The van der Waals surface area contributed by atoms with Crippen molar-refractivity contribution in [3.63, 3.8) is 0 Å². The maximum absolute atomic E-state index is 13.5. The third-order valence-corrected chi connectivity index (χ3v) is 4.57. The smallest absolute Gasteiger partial charge is 0.397 e. The first-order chi connectivity index (χ1) is 11.3. The van der Waals surface area contributed by atoms with E-state index in [0.717, 1.165) is 17.4 Å². The molecule has 1 saturated heterocycles. The Kier molecular flexibility index (Phi) is 4.13. The molecule has 2 aromatic heterocycles. The first-order valence-electron chi connectivity index (χ1n) is 7.00. The number of carbonyl (C=O) groups is 1. The lowest BCUT2D eigenvalue weighted by Crippen LogP contribution is -2.44. The van der Waals surface area contributed by atoms with E-state index < -0.39 is 17.8 Å². The van der Waals surface area contributed by atoms with Gasteiger partial charge in [-0.05, 0) is 6.07 Å². The number of piperazine rings is 1. The number of hydrogen-bond donors (Lipinski definition) is 3. The summed E-state index contributed by atoms with van der Waals surface area (Å²) in [6.45, 7) is 2.40. The number of pyridine rings is 1. The number of nitrogens with two attached hydrogens (primary N) is 2. The van der Waals surface area contributed by atoms with Gasteiger partial charge in [0.15, 0.2) is 0 Å². The van der Waals surface area contributed by atoms with Crippen molar-refractivity contribution in [1.29, 1.82) is 0 Å². The number of rotatable bonds is 2. The molecule has 24 heavy (non-hydrogen) atoms. The number of aromatic nitrogens is 1. The zero-order chi connectivity index (χ0) is 17.5. The quantitative estimate of drug-likeness (QED) is 0.753. The Labute approximate surface area is 138 Å². The molecule has 3 heterocycles. The van der Waals surface area contributed by atoms with Crippen LogP contribution in [0.1, 0.15) is 5.56 Å². The summed E-state index contributed by atoms with van der Waals surface area (Å²) in [5.74, 6) is 0.211. The second kappa shape index (κ2) is 5.98. The van der Waals surface area contributed by atoms with Gasteiger partial charge in [0, 0.05) is 26.2 Å². The van der Waals surface area contributed by atoms with Gasteiger partial charge in [-0.2, -0.15) is 13.2 Å². The molecule has 0 bridgehead atoms. The molecule has 5 N–H and O–H groups in total. The van der Waals surface area contributed by atoms with Crippen LogP contribution < -0.4 is 26.4 Å². The van der Waals surface area contributed by atoms with Gasteiger partial charge >= 0.3 is 12.3 Å². The highest BCUT2D eigenvalue weighted by Crippen LogP contribution is 2.46. The Morgan fingerprint density at radius 1 is 1.38 bits per heavy atom. The maximum atomic E-state index is 13.5. The number of ether oxygens (including phenoxy) is 1. The lowest BCUT2D eigenvalue weighted by molar-refractivity contribution is -0.136. The molecule has 0 spiro atoms. The lowest BCUT2D eigenvalue weighted by atomic mass is 10.1. The minimum atomic E-state index is -4.62. The first kappa shape index (κ1) is 16.6. The number of amides is 1. The van der Waals surface area contributed by atoms with Crippen LogP contribution >= 0.6 is 11.3 Å². The highest BCUT2D eigenvalue weighted by atomic mass is 32.1. The summed E-state index contributed by atoms with van der Waals surface area (Å²) in [5, 5.41) is 2.66. The minimum Gasteiger partial charge on any atom is -0.397 e. The van der Waals surface area contributed by atoms with Crippen LogP contribution in [0.4, 0.5) is 29.5 Å². The van der Waals surface area contributed by atoms with Gasteiger partial charge in [-0.25, -0.2) is 9.78 Å². The number of nitrogens with one attached hydrogen (secondary N) is 1. The summed E-state index contributed by atoms with van der Waals surface area (Å²) in [4.78, 5) is 17.0. The first-order valence-corrected chi connectivity index (χ1v) is 7.82. The number of alkyl halides is 3. The molecule has 1 aliphatic heterocycles. The topological polar surface area (TPSA) is 106 Å². The molecule has 0 unspecified atom stereocenters. The highest BCUT2D eigenvalue weighted by molar-refractivity contribution is 7.21. The number of nitrogens with zero attached hydrogens (tertiary/aromatic N) is 2. The van der Waals surface area contributed by atoms with Crippen LogP contribution in [0.15, 0.2) is 6.07 Å². The van der Waals surface area contributed by atoms with Gasteiger partial charge in [0.1, 0.15) is 10.6 Å². The molecule has 1 aliphatic rings. The van der Waals surface area contributed by atoms with E-state index in [-0.39, 0.29) is 26.8 Å². The van der Waals surface area contributed by atoms with Gasteiger partial charge in [-0.15, -0.1) is 0 Å². The van der Waals surface area contributed by atoms with Crippen molar-refractivity contribution < 1.29 is 22.7 Å². The van der Waals surface area contributed by atoms with Crippen molar-refractivity contribution in [2.75, 3.05) is 36.8 Å². The molecule has 1 fully saturated rings. The SMILES string of the molecule is NC(=O)Oc1sc2nc(N3CCNCC3)cc(C(F)(F)F)c2c1N. The normalized spacial score (nSPS) is 15.7. The summed E-state index contributed by atoms with van der Waals surface area (Å²) in [5.41, 5.74) is 9.45. The fourth-order valence-corrected chi connectivity index (χ4v) is 3.51. The average Bonchev–Trinajstić information content (AvgIpc) is 2.82. The predicted octanol–water partition coefficient (Wildman–Crippen LogP) is 1.76. The Bertz CT molecular complexity index is 786. The molecule has 0 saturated carbocycles. The summed E-state index contributed by atoms with van der Waals surface area (Å²) >= 11 is 0.759. The Morgan fingerprint density at radius 3 is 2.62 bits per heavy atom. The molecule has 1 amide bonds. The molecule has 0 atom stereocenters. The Balaban J connectivity index is 2.18. The third kappa shape index (κ3) is 3.04. The van der Waals surface area contributed by atoms with Gasteiger partial charge in [-0.1, -0.05) is 11.3 Å². The Hall–Kier alpha value is -2.27. The molecule has 130 valence electrons. The molecule has 0 aromatic carbocycles. The van der Waals surface area contributed by atoms with Crippen molar-refractivity contribution in [2.45, 2.75) is 6.18 Å². The van der Waals surface area contributed by atoms with Crippen molar-refractivity contribution in [3.05, 3.63) is 11.6 Å². The number of anilines is 2.